The molecule has 0 aliphatic carbocycles. The molecule has 38 heavy (non-hydrogen) atoms. The van der Waals surface area contributed by atoms with E-state index in [9.17, 15) is 9.90 Å². The van der Waals surface area contributed by atoms with Crippen LogP contribution in [0.15, 0.2) is 48.5 Å². The highest BCUT2D eigenvalue weighted by Crippen LogP contribution is 2.34. The number of carbonyl (C=O) groups is 1. The van der Waals surface area contributed by atoms with Gasteiger partial charge in [0.05, 0.1) is 17.5 Å². The van der Waals surface area contributed by atoms with Crippen LogP contribution in [0.1, 0.15) is 30.9 Å². The van der Waals surface area contributed by atoms with E-state index in [4.69, 9.17) is 26.1 Å². The van der Waals surface area contributed by atoms with Gasteiger partial charge in [-0.05, 0) is 80.4 Å². The molecule has 1 aromatic heterocycles. The molecule has 2 fully saturated rings. The number of carbonyl (C=O) groups excluding carboxylic acids is 1. The highest BCUT2D eigenvalue weighted by Gasteiger charge is 2.33. The van der Waals surface area contributed by atoms with Crippen LogP contribution in [0.2, 0.25) is 5.02 Å². The summed E-state index contributed by atoms with van der Waals surface area (Å²) in [5.74, 6) is 1.98. The second-order valence-corrected chi connectivity index (χ2v) is 10.8. The lowest BCUT2D eigenvalue weighted by molar-refractivity contribution is -0.126. The molecule has 9 heteroatoms. The predicted molar refractivity (Wildman–Crippen MR) is 147 cm³/mol. The van der Waals surface area contributed by atoms with E-state index in [1.54, 1.807) is 0 Å². The number of nitrogens with one attached hydrogen (secondary N) is 1. The minimum absolute atomic E-state index is 0.0270. The molecule has 6 rings (SSSR count). The van der Waals surface area contributed by atoms with E-state index in [1.165, 1.54) is 0 Å². The smallest absolute Gasteiger partial charge is 0.225 e. The van der Waals surface area contributed by atoms with Crippen molar-refractivity contribution in [2.45, 2.75) is 31.4 Å². The molecule has 3 atom stereocenters. The Labute approximate surface area is 227 Å². The van der Waals surface area contributed by atoms with Crippen LogP contribution >= 0.6 is 11.6 Å². The molecule has 2 saturated heterocycles. The normalized spacial score (nSPS) is 21.0. The average molecular weight is 537 g/mol. The van der Waals surface area contributed by atoms with Crippen molar-refractivity contribution in [1.29, 1.82) is 0 Å². The standard InChI is InChI=1S/C29H33ClN4O4/c30-22-5-6-23-19(15-22)4-8-27(31-23)34-12-9-21(17-34)29(36)32-24(18-33-10-1-2-11-33)28(35)20-3-7-25-26(16-20)38-14-13-37-25/h3-8,15-16,21,24,28,35H,1-2,9-14,17-18H2,(H,32,36). The number of rotatable bonds is 7. The zero-order valence-electron chi connectivity index (χ0n) is 21.3. The number of aliphatic hydroxyl groups excluding tert-OH is 1. The third-order valence-electron chi connectivity index (χ3n) is 7.79. The molecule has 0 radical (unpaired) electrons. The van der Waals surface area contributed by atoms with Crippen molar-refractivity contribution in [3.05, 3.63) is 59.1 Å². The maximum Gasteiger partial charge on any atom is 0.225 e. The van der Waals surface area contributed by atoms with E-state index in [0.29, 0.717) is 48.4 Å². The van der Waals surface area contributed by atoms with Gasteiger partial charge < -0.3 is 29.7 Å². The minimum Gasteiger partial charge on any atom is -0.486 e. The van der Waals surface area contributed by atoms with Crippen LogP contribution in [0.5, 0.6) is 11.5 Å². The van der Waals surface area contributed by atoms with E-state index >= 15 is 0 Å². The maximum atomic E-state index is 13.5. The van der Waals surface area contributed by atoms with Crippen molar-refractivity contribution in [3.8, 4) is 11.5 Å². The molecule has 2 aromatic carbocycles. The summed E-state index contributed by atoms with van der Waals surface area (Å²) in [4.78, 5) is 22.7. The number of aromatic nitrogens is 1. The Hall–Kier alpha value is -3.07. The van der Waals surface area contributed by atoms with Gasteiger partial charge in [-0.15, -0.1) is 0 Å². The highest BCUT2D eigenvalue weighted by atomic mass is 35.5. The second-order valence-electron chi connectivity index (χ2n) is 10.4. The van der Waals surface area contributed by atoms with Crippen LogP contribution in [0.4, 0.5) is 5.82 Å². The molecular weight excluding hydrogens is 504 g/mol. The van der Waals surface area contributed by atoms with Crippen molar-refractivity contribution >= 4 is 34.2 Å². The zero-order chi connectivity index (χ0) is 26.1. The minimum atomic E-state index is -0.859. The molecule has 3 aromatic rings. The summed E-state index contributed by atoms with van der Waals surface area (Å²) < 4.78 is 11.4. The van der Waals surface area contributed by atoms with Crippen molar-refractivity contribution < 1.29 is 19.4 Å². The van der Waals surface area contributed by atoms with Crippen molar-refractivity contribution in [2.75, 3.05) is 50.8 Å². The predicted octanol–water partition coefficient (Wildman–Crippen LogP) is 3.80. The van der Waals surface area contributed by atoms with E-state index in [1.807, 2.05) is 48.5 Å². The fourth-order valence-electron chi connectivity index (χ4n) is 5.69. The summed E-state index contributed by atoms with van der Waals surface area (Å²) >= 11 is 6.11. The van der Waals surface area contributed by atoms with Crippen LogP contribution in [0.3, 0.4) is 0 Å². The van der Waals surface area contributed by atoms with Crippen LogP contribution in [-0.2, 0) is 4.79 Å². The topological polar surface area (TPSA) is 87.2 Å². The van der Waals surface area contributed by atoms with Gasteiger partial charge in [0.2, 0.25) is 5.91 Å². The molecule has 0 bridgehead atoms. The molecule has 2 N–H and O–H groups in total. The summed E-state index contributed by atoms with van der Waals surface area (Å²) in [6, 6.07) is 14.8. The van der Waals surface area contributed by atoms with E-state index < -0.39 is 12.1 Å². The Kier molecular flexibility index (Phi) is 7.28. The molecular formula is C29H33ClN4O4. The fourth-order valence-corrected chi connectivity index (χ4v) is 5.87. The molecule has 200 valence electrons. The second kappa shape index (κ2) is 11.0. The number of nitrogens with zero attached hydrogens (tertiary/aromatic N) is 3. The summed E-state index contributed by atoms with van der Waals surface area (Å²) in [5, 5.41) is 16.3. The Balaban J connectivity index is 1.15. The number of likely N-dealkylation sites (tertiary alicyclic amines) is 1. The van der Waals surface area contributed by atoms with E-state index in [0.717, 1.165) is 55.6 Å². The first-order valence-corrected chi connectivity index (χ1v) is 13.8. The SMILES string of the molecule is O=C(NC(CN1CCCC1)C(O)c1ccc2c(c1)OCCO2)C1CCN(c2ccc3cc(Cl)ccc3n2)C1. The first-order valence-electron chi connectivity index (χ1n) is 13.4. The van der Waals surface area contributed by atoms with Crippen LogP contribution < -0.4 is 19.7 Å². The van der Waals surface area contributed by atoms with Crippen LogP contribution in [0, 0.1) is 5.92 Å². The van der Waals surface area contributed by atoms with Gasteiger partial charge in [0, 0.05) is 30.0 Å². The quantitative estimate of drug-likeness (QED) is 0.475. The number of halogens is 1. The van der Waals surface area contributed by atoms with Gasteiger partial charge in [-0.3, -0.25) is 4.79 Å². The Morgan fingerprint density at radius 2 is 1.87 bits per heavy atom. The van der Waals surface area contributed by atoms with Gasteiger partial charge >= 0.3 is 0 Å². The van der Waals surface area contributed by atoms with Gasteiger partial charge in [-0.25, -0.2) is 4.98 Å². The lowest BCUT2D eigenvalue weighted by atomic mass is 9.99. The van der Waals surface area contributed by atoms with Gasteiger partial charge in [0.1, 0.15) is 25.1 Å². The number of hydrogen-bond acceptors (Lipinski definition) is 7. The monoisotopic (exact) mass is 536 g/mol. The third kappa shape index (κ3) is 5.39. The number of benzene rings is 2. The van der Waals surface area contributed by atoms with E-state index in [2.05, 4.69) is 15.1 Å². The van der Waals surface area contributed by atoms with E-state index in [-0.39, 0.29) is 11.8 Å². The van der Waals surface area contributed by atoms with Crippen molar-refractivity contribution in [1.82, 2.24) is 15.2 Å². The molecule has 3 aliphatic rings. The number of pyridine rings is 1. The molecule has 3 aliphatic heterocycles. The summed E-state index contributed by atoms with van der Waals surface area (Å²) in [5.41, 5.74) is 1.60. The first kappa shape index (κ1) is 25.2. The number of anilines is 1. The lowest BCUT2D eigenvalue weighted by Gasteiger charge is -2.30. The van der Waals surface area contributed by atoms with Gasteiger partial charge in [-0.1, -0.05) is 17.7 Å². The number of ether oxygens (including phenoxy) is 2. The van der Waals surface area contributed by atoms with Crippen molar-refractivity contribution in [3.63, 3.8) is 0 Å². The molecule has 3 unspecified atom stereocenters. The number of hydrogen-bond donors (Lipinski definition) is 2. The van der Waals surface area contributed by atoms with Gasteiger partial charge in [-0.2, -0.15) is 0 Å². The average Bonchev–Trinajstić information content (AvgIpc) is 3.64. The maximum absolute atomic E-state index is 13.5. The van der Waals surface area contributed by atoms with Gasteiger partial charge in [0.25, 0.3) is 0 Å². The molecule has 1 amide bonds. The number of amides is 1. The fraction of sp³-hybridized carbons (Fsp3) is 0.448. The molecule has 0 saturated carbocycles. The van der Waals surface area contributed by atoms with Crippen molar-refractivity contribution in [2.24, 2.45) is 5.92 Å². The molecule has 8 nitrogen and oxygen atoms in total. The van der Waals surface area contributed by atoms with Gasteiger partial charge in [0.15, 0.2) is 11.5 Å². The lowest BCUT2D eigenvalue weighted by Crippen LogP contribution is -2.48. The Morgan fingerprint density at radius 1 is 1.05 bits per heavy atom. The summed E-state index contributed by atoms with van der Waals surface area (Å²) in [6.07, 6.45) is 2.16. The third-order valence-corrected chi connectivity index (χ3v) is 8.02. The zero-order valence-corrected chi connectivity index (χ0v) is 22.1. The van der Waals surface area contributed by atoms with Crippen LogP contribution in [0.25, 0.3) is 10.9 Å². The molecule has 0 spiro atoms. The van der Waals surface area contributed by atoms with Crippen LogP contribution in [-0.4, -0.2) is 72.9 Å². The first-order chi connectivity index (χ1) is 18.5. The Bertz CT molecular complexity index is 1310. The Morgan fingerprint density at radius 3 is 2.71 bits per heavy atom. The number of fused-ring (bicyclic) bond motifs is 2. The highest BCUT2D eigenvalue weighted by molar-refractivity contribution is 6.31. The largest absolute Gasteiger partial charge is 0.486 e. The number of aliphatic hydroxyl groups is 1. The molecule has 4 heterocycles. The summed E-state index contributed by atoms with van der Waals surface area (Å²) in [7, 11) is 0. The summed E-state index contributed by atoms with van der Waals surface area (Å²) in [6.45, 7) is 4.92.